The van der Waals surface area contributed by atoms with Gasteiger partial charge in [-0.05, 0) is 19.4 Å². The fourth-order valence-corrected chi connectivity index (χ4v) is 2.83. The lowest BCUT2D eigenvalue weighted by Gasteiger charge is -2.02. The molecule has 2 nitrogen and oxygen atoms in total. The Bertz CT molecular complexity index is 568. The Morgan fingerprint density at radius 2 is 1.75 bits per heavy atom. The molecule has 1 aromatic heterocycles. The lowest BCUT2D eigenvalue weighted by molar-refractivity contribution is 0.0980. The number of benzene rings is 1. The van der Waals surface area contributed by atoms with E-state index in [-0.39, 0.29) is 5.78 Å². The third-order valence-electron chi connectivity index (χ3n) is 3.93. The smallest absolute Gasteiger partial charge is 0.165 e. The van der Waals surface area contributed by atoms with E-state index in [4.69, 9.17) is 0 Å². The van der Waals surface area contributed by atoms with Gasteiger partial charge in [-0.1, -0.05) is 57.2 Å². The van der Waals surface area contributed by atoms with E-state index in [1.807, 2.05) is 31.2 Å². The van der Waals surface area contributed by atoms with Gasteiger partial charge in [-0.2, -0.15) is 0 Å². The topological polar surface area (TPSA) is 32.9 Å². The highest BCUT2D eigenvalue weighted by molar-refractivity contribution is 6.09. The molecule has 2 aromatic rings. The van der Waals surface area contributed by atoms with E-state index >= 15 is 0 Å². The monoisotopic (exact) mass is 271 g/mol. The molecule has 0 saturated carbocycles. The molecule has 0 unspecified atom stereocenters. The molecule has 0 aliphatic carbocycles. The second kappa shape index (κ2) is 7.28. The molecule has 0 amide bonds. The number of hydrogen-bond donors (Lipinski definition) is 1. The number of hydrogen-bond acceptors (Lipinski definition) is 1. The number of aromatic amines is 1. The van der Waals surface area contributed by atoms with Gasteiger partial charge in [-0.15, -0.1) is 0 Å². The Hall–Kier alpha value is -1.57. The minimum absolute atomic E-state index is 0.287. The molecule has 1 N–H and O–H groups in total. The minimum Gasteiger partial charge on any atom is -0.358 e. The summed E-state index contributed by atoms with van der Waals surface area (Å²) in [6.45, 7) is 4.22. The maximum Gasteiger partial charge on any atom is 0.165 e. The molecule has 1 heterocycles. The first-order valence-electron chi connectivity index (χ1n) is 7.84. The zero-order valence-corrected chi connectivity index (χ0v) is 12.7. The Kier molecular flexibility index (Phi) is 5.40. The molecule has 0 bridgehead atoms. The highest BCUT2D eigenvalue weighted by Crippen LogP contribution is 2.24. The van der Waals surface area contributed by atoms with Crippen LogP contribution in [0.2, 0.25) is 0 Å². The Labute approximate surface area is 121 Å². The standard InChI is InChI=1S/C18H25NO/c1-3-4-5-6-7-8-13-17(20)18-14(2)19-16-12-10-9-11-15(16)18/h9-12,19H,3-8,13H2,1-2H3. The molecular weight excluding hydrogens is 246 g/mol. The van der Waals surface area contributed by atoms with Gasteiger partial charge in [-0.25, -0.2) is 0 Å². The molecule has 2 rings (SSSR count). The number of Topliss-reactive ketones (excluding diaryl/α,β-unsaturated/α-hetero) is 1. The van der Waals surface area contributed by atoms with Crippen LogP contribution in [0.5, 0.6) is 0 Å². The van der Waals surface area contributed by atoms with E-state index in [0.29, 0.717) is 6.42 Å². The summed E-state index contributed by atoms with van der Waals surface area (Å²) in [5.74, 6) is 0.287. The summed E-state index contributed by atoms with van der Waals surface area (Å²) in [5, 5.41) is 1.07. The third-order valence-corrected chi connectivity index (χ3v) is 3.93. The van der Waals surface area contributed by atoms with E-state index in [0.717, 1.165) is 28.6 Å². The molecular formula is C18H25NO. The number of ketones is 1. The molecule has 0 fully saturated rings. The van der Waals surface area contributed by atoms with Crippen LogP contribution in [0.3, 0.4) is 0 Å². The first kappa shape index (κ1) is 14.8. The predicted octanol–water partition coefficient (Wildman–Crippen LogP) is 5.41. The normalized spacial score (nSPS) is 11.1. The second-order valence-electron chi connectivity index (χ2n) is 5.61. The molecule has 0 aliphatic heterocycles. The molecule has 2 heteroatoms. The lowest BCUT2D eigenvalue weighted by atomic mass is 10.0. The SMILES string of the molecule is CCCCCCCCC(=O)c1c(C)[nH]c2ccccc12. The first-order chi connectivity index (χ1) is 9.74. The van der Waals surface area contributed by atoms with Crippen LogP contribution in [-0.2, 0) is 0 Å². The van der Waals surface area contributed by atoms with E-state index < -0.39 is 0 Å². The van der Waals surface area contributed by atoms with Crippen LogP contribution < -0.4 is 0 Å². The molecule has 0 aliphatic rings. The van der Waals surface area contributed by atoms with Gasteiger partial charge < -0.3 is 4.98 Å². The number of carbonyl (C=O) groups is 1. The van der Waals surface area contributed by atoms with Gasteiger partial charge in [0.05, 0.1) is 0 Å². The molecule has 0 atom stereocenters. The Balaban J connectivity index is 1.93. The van der Waals surface area contributed by atoms with Crippen LogP contribution in [0.4, 0.5) is 0 Å². The largest absolute Gasteiger partial charge is 0.358 e. The van der Waals surface area contributed by atoms with E-state index in [1.165, 1.54) is 32.1 Å². The molecule has 20 heavy (non-hydrogen) atoms. The molecule has 108 valence electrons. The van der Waals surface area contributed by atoms with Crippen LogP contribution in [0, 0.1) is 6.92 Å². The van der Waals surface area contributed by atoms with Gasteiger partial charge in [-0.3, -0.25) is 4.79 Å². The van der Waals surface area contributed by atoms with Crippen molar-refractivity contribution in [1.29, 1.82) is 0 Å². The third kappa shape index (κ3) is 3.50. The summed E-state index contributed by atoms with van der Waals surface area (Å²) >= 11 is 0. The van der Waals surface area contributed by atoms with Crippen molar-refractivity contribution in [1.82, 2.24) is 4.98 Å². The Morgan fingerprint density at radius 1 is 1.05 bits per heavy atom. The van der Waals surface area contributed by atoms with Crippen LogP contribution in [0.25, 0.3) is 10.9 Å². The summed E-state index contributed by atoms with van der Waals surface area (Å²) in [6, 6.07) is 8.06. The fourth-order valence-electron chi connectivity index (χ4n) is 2.83. The van der Waals surface area contributed by atoms with Crippen molar-refractivity contribution in [3.8, 4) is 0 Å². The van der Waals surface area contributed by atoms with E-state index in [9.17, 15) is 4.79 Å². The van der Waals surface area contributed by atoms with Crippen LogP contribution in [-0.4, -0.2) is 10.8 Å². The predicted molar refractivity (Wildman–Crippen MR) is 85.4 cm³/mol. The fraction of sp³-hybridized carbons (Fsp3) is 0.500. The van der Waals surface area contributed by atoms with Gasteiger partial charge in [0.2, 0.25) is 0 Å². The zero-order valence-electron chi connectivity index (χ0n) is 12.7. The number of fused-ring (bicyclic) bond motifs is 1. The van der Waals surface area contributed by atoms with Crippen molar-refractivity contribution in [2.24, 2.45) is 0 Å². The highest BCUT2D eigenvalue weighted by Gasteiger charge is 2.14. The van der Waals surface area contributed by atoms with Crippen molar-refractivity contribution in [2.75, 3.05) is 0 Å². The van der Waals surface area contributed by atoms with Gasteiger partial charge in [0.25, 0.3) is 0 Å². The zero-order chi connectivity index (χ0) is 14.4. The quantitative estimate of drug-likeness (QED) is 0.505. The summed E-state index contributed by atoms with van der Waals surface area (Å²) in [5.41, 5.74) is 2.97. The van der Waals surface area contributed by atoms with E-state index in [2.05, 4.69) is 11.9 Å². The number of carbonyl (C=O) groups excluding carboxylic acids is 1. The number of aromatic nitrogens is 1. The number of H-pyrrole nitrogens is 1. The van der Waals surface area contributed by atoms with Crippen LogP contribution >= 0.6 is 0 Å². The summed E-state index contributed by atoms with van der Waals surface area (Å²) in [7, 11) is 0. The number of nitrogens with one attached hydrogen (secondary N) is 1. The molecule has 1 aromatic carbocycles. The number of rotatable bonds is 8. The van der Waals surface area contributed by atoms with Crippen LogP contribution in [0.1, 0.15) is 67.9 Å². The summed E-state index contributed by atoms with van der Waals surface area (Å²) in [4.78, 5) is 15.7. The van der Waals surface area contributed by atoms with Gasteiger partial charge >= 0.3 is 0 Å². The van der Waals surface area contributed by atoms with Crippen LogP contribution in [0.15, 0.2) is 24.3 Å². The lowest BCUT2D eigenvalue weighted by Crippen LogP contribution is -2.00. The summed E-state index contributed by atoms with van der Waals surface area (Å²) in [6.07, 6.45) is 8.01. The van der Waals surface area contributed by atoms with Gasteiger partial charge in [0.15, 0.2) is 5.78 Å². The maximum absolute atomic E-state index is 12.4. The molecule has 0 radical (unpaired) electrons. The van der Waals surface area contributed by atoms with Crippen molar-refractivity contribution in [3.05, 3.63) is 35.5 Å². The molecule has 0 saturated heterocycles. The first-order valence-corrected chi connectivity index (χ1v) is 7.84. The van der Waals surface area contributed by atoms with Gasteiger partial charge in [0, 0.05) is 28.6 Å². The Morgan fingerprint density at radius 3 is 2.55 bits per heavy atom. The summed E-state index contributed by atoms with van der Waals surface area (Å²) < 4.78 is 0. The number of unbranched alkanes of at least 4 members (excludes halogenated alkanes) is 5. The average Bonchev–Trinajstić information content (AvgIpc) is 2.78. The van der Waals surface area contributed by atoms with E-state index in [1.54, 1.807) is 0 Å². The number of aryl methyl sites for hydroxylation is 1. The average molecular weight is 271 g/mol. The van der Waals surface area contributed by atoms with Crippen molar-refractivity contribution in [3.63, 3.8) is 0 Å². The van der Waals surface area contributed by atoms with Gasteiger partial charge in [0.1, 0.15) is 0 Å². The van der Waals surface area contributed by atoms with Crippen molar-refractivity contribution >= 4 is 16.7 Å². The maximum atomic E-state index is 12.4. The number of para-hydroxylation sites is 1. The molecule has 0 spiro atoms. The minimum atomic E-state index is 0.287. The van der Waals surface area contributed by atoms with Crippen molar-refractivity contribution < 1.29 is 4.79 Å². The second-order valence-corrected chi connectivity index (χ2v) is 5.61. The highest BCUT2D eigenvalue weighted by atomic mass is 16.1. The van der Waals surface area contributed by atoms with Crippen molar-refractivity contribution in [2.45, 2.75) is 58.8 Å².